The van der Waals surface area contributed by atoms with Crippen LogP contribution in [0.15, 0.2) is 24.3 Å². The maximum atomic E-state index is 12.2. The van der Waals surface area contributed by atoms with Gasteiger partial charge in [0.15, 0.2) is 0 Å². The van der Waals surface area contributed by atoms with Crippen molar-refractivity contribution in [2.75, 3.05) is 19.6 Å². The molecule has 1 aromatic rings. The van der Waals surface area contributed by atoms with E-state index < -0.39 is 0 Å². The van der Waals surface area contributed by atoms with E-state index in [0.717, 1.165) is 37.1 Å². The number of rotatable bonds is 5. The zero-order valence-electron chi connectivity index (χ0n) is 13.1. The molecule has 1 heterocycles. The number of carbonyl (C=O) groups is 1. The second-order valence-electron chi connectivity index (χ2n) is 5.49. The monoisotopic (exact) mass is 347 g/mol. The van der Waals surface area contributed by atoms with Crippen LogP contribution in [0.2, 0.25) is 0 Å². The largest absolute Gasteiger partial charge is 0.349 e. The van der Waals surface area contributed by atoms with E-state index in [1.54, 1.807) is 0 Å². The molecular weight excluding hydrogens is 321 g/mol. The van der Waals surface area contributed by atoms with Crippen molar-refractivity contribution in [3.63, 3.8) is 0 Å². The van der Waals surface area contributed by atoms with Gasteiger partial charge in [-0.25, -0.2) is 0 Å². The lowest BCUT2D eigenvalue weighted by Gasteiger charge is -2.32. The Morgan fingerprint density at radius 2 is 1.82 bits per heavy atom. The minimum atomic E-state index is 0. The average Bonchev–Trinajstić information content (AvgIpc) is 2.49. The molecule has 1 fully saturated rings. The van der Waals surface area contributed by atoms with Gasteiger partial charge in [-0.2, -0.15) is 0 Å². The Kier molecular flexibility index (Phi) is 10.4. The summed E-state index contributed by atoms with van der Waals surface area (Å²) in [7, 11) is 0. The molecule has 126 valence electrons. The van der Waals surface area contributed by atoms with Crippen LogP contribution in [0.25, 0.3) is 0 Å². The SMILES string of the molecule is CCCN1CCC(NC(=O)c2ccc(CN)cc2)CC1.Cl.Cl. The van der Waals surface area contributed by atoms with Crippen LogP contribution in [0.4, 0.5) is 0 Å². The molecule has 0 radical (unpaired) electrons. The van der Waals surface area contributed by atoms with Gasteiger partial charge in [-0.15, -0.1) is 24.8 Å². The number of hydrogen-bond donors (Lipinski definition) is 2. The van der Waals surface area contributed by atoms with Gasteiger partial charge in [0.2, 0.25) is 0 Å². The van der Waals surface area contributed by atoms with E-state index in [2.05, 4.69) is 17.1 Å². The third kappa shape index (κ3) is 6.13. The molecular formula is C16H27Cl2N3O. The number of piperidine rings is 1. The molecule has 0 bridgehead atoms. The van der Waals surface area contributed by atoms with Crippen LogP contribution in [-0.2, 0) is 6.54 Å². The number of likely N-dealkylation sites (tertiary alicyclic amines) is 1. The first kappa shape index (κ1) is 21.2. The molecule has 6 heteroatoms. The standard InChI is InChI=1S/C16H25N3O.2ClH/c1-2-9-19-10-7-15(8-11-19)18-16(20)14-5-3-13(12-17)4-6-14;;/h3-6,15H,2,7-12,17H2,1H3,(H,18,20);2*1H. The number of halogens is 2. The summed E-state index contributed by atoms with van der Waals surface area (Å²) >= 11 is 0. The van der Waals surface area contributed by atoms with Crippen molar-refractivity contribution in [3.8, 4) is 0 Å². The van der Waals surface area contributed by atoms with Crippen molar-refractivity contribution in [2.24, 2.45) is 5.73 Å². The quantitative estimate of drug-likeness (QED) is 0.860. The van der Waals surface area contributed by atoms with Crippen molar-refractivity contribution in [1.29, 1.82) is 0 Å². The van der Waals surface area contributed by atoms with Crippen molar-refractivity contribution < 1.29 is 4.79 Å². The van der Waals surface area contributed by atoms with Crippen molar-refractivity contribution >= 4 is 30.7 Å². The summed E-state index contributed by atoms with van der Waals surface area (Å²) in [6.45, 7) is 6.06. The molecule has 1 aromatic carbocycles. The van der Waals surface area contributed by atoms with E-state index in [1.165, 1.54) is 13.0 Å². The van der Waals surface area contributed by atoms with Gasteiger partial charge in [-0.3, -0.25) is 4.79 Å². The predicted octanol–water partition coefficient (Wildman–Crippen LogP) is 2.59. The molecule has 2 rings (SSSR count). The third-order valence-corrected chi connectivity index (χ3v) is 3.91. The van der Waals surface area contributed by atoms with Crippen molar-refractivity contribution in [3.05, 3.63) is 35.4 Å². The Hall–Kier alpha value is -0.810. The van der Waals surface area contributed by atoms with E-state index in [0.29, 0.717) is 12.6 Å². The van der Waals surface area contributed by atoms with Gasteiger partial charge < -0.3 is 16.0 Å². The first-order valence-corrected chi connectivity index (χ1v) is 7.55. The predicted molar refractivity (Wildman–Crippen MR) is 96.0 cm³/mol. The number of hydrogen-bond acceptors (Lipinski definition) is 3. The molecule has 1 aliphatic heterocycles. The molecule has 1 saturated heterocycles. The molecule has 0 atom stereocenters. The second kappa shape index (κ2) is 10.8. The molecule has 1 amide bonds. The van der Waals surface area contributed by atoms with Crippen LogP contribution in [0.5, 0.6) is 0 Å². The van der Waals surface area contributed by atoms with Gasteiger partial charge in [-0.05, 0) is 43.5 Å². The Labute approximate surface area is 145 Å². The molecule has 0 saturated carbocycles. The number of nitrogens with zero attached hydrogens (tertiary/aromatic N) is 1. The summed E-state index contributed by atoms with van der Waals surface area (Å²) in [5.74, 6) is 0.0301. The van der Waals surface area contributed by atoms with E-state index in [9.17, 15) is 4.79 Å². The van der Waals surface area contributed by atoms with Gasteiger partial charge in [0.05, 0.1) is 0 Å². The highest BCUT2D eigenvalue weighted by atomic mass is 35.5. The number of amides is 1. The van der Waals surface area contributed by atoms with Crippen LogP contribution in [-0.4, -0.2) is 36.5 Å². The fourth-order valence-electron chi connectivity index (χ4n) is 2.68. The van der Waals surface area contributed by atoms with Crippen molar-refractivity contribution in [2.45, 2.75) is 38.8 Å². The Bertz CT molecular complexity index is 432. The molecule has 0 unspecified atom stereocenters. The summed E-state index contributed by atoms with van der Waals surface area (Å²) in [6, 6.07) is 7.84. The number of carbonyl (C=O) groups excluding carboxylic acids is 1. The molecule has 4 nitrogen and oxygen atoms in total. The average molecular weight is 348 g/mol. The zero-order valence-corrected chi connectivity index (χ0v) is 14.7. The molecule has 0 aliphatic carbocycles. The maximum absolute atomic E-state index is 12.2. The lowest BCUT2D eigenvalue weighted by molar-refractivity contribution is 0.0911. The van der Waals surface area contributed by atoms with E-state index in [1.807, 2.05) is 24.3 Å². The summed E-state index contributed by atoms with van der Waals surface area (Å²) in [4.78, 5) is 14.6. The Morgan fingerprint density at radius 1 is 1.23 bits per heavy atom. The summed E-state index contributed by atoms with van der Waals surface area (Å²) < 4.78 is 0. The van der Waals surface area contributed by atoms with Gasteiger partial charge >= 0.3 is 0 Å². The lowest BCUT2D eigenvalue weighted by Crippen LogP contribution is -2.44. The first-order chi connectivity index (χ1) is 9.72. The van der Waals surface area contributed by atoms with Crippen LogP contribution in [0, 0.1) is 0 Å². The van der Waals surface area contributed by atoms with Crippen LogP contribution >= 0.6 is 24.8 Å². The Morgan fingerprint density at radius 3 is 2.32 bits per heavy atom. The van der Waals surface area contributed by atoms with Gasteiger partial charge in [0.1, 0.15) is 0 Å². The highest BCUT2D eigenvalue weighted by molar-refractivity contribution is 5.94. The molecule has 3 N–H and O–H groups in total. The third-order valence-electron chi connectivity index (χ3n) is 3.91. The molecule has 0 spiro atoms. The fourth-order valence-corrected chi connectivity index (χ4v) is 2.68. The first-order valence-electron chi connectivity index (χ1n) is 7.55. The summed E-state index contributed by atoms with van der Waals surface area (Å²) in [5.41, 5.74) is 7.33. The highest BCUT2D eigenvalue weighted by Crippen LogP contribution is 2.12. The number of benzene rings is 1. The minimum absolute atomic E-state index is 0. The topological polar surface area (TPSA) is 58.4 Å². The smallest absolute Gasteiger partial charge is 0.251 e. The number of nitrogens with one attached hydrogen (secondary N) is 1. The summed E-state index contributed by atoms with van der Waals surface area (Å²) in [5, 5.41) is 3.14. The van der Waals surface area contributed by atoms with Crippen LogP contribution in [0.3, 0.4) is 0 Å². The number of nitrogens with two attached hydrogens (primary N) is 1. The zero-order chi connectivity index (χ0) is 14.4. The molecule has 22 heavy (non-hydrogen) atoms. The minimum Gasteiger partial charge on any atom is -0.349 e. The van der Waals surface area contributed by atoms with Gasteiger partial charge in [0, 0.05) is 31.2 Å². The van der Waals surface area contributed by atoms with E-state index in [-0.39, 0.29) is 30.7 Å². The normalized spacial score (nSPS) is 15.5. The second-order valence-corrected chi connectivity index (χ2v) is 5.49. The Balaban J connectivity index is 0.00000220. The van der Waals surface area contributed by atoms with Gasteiger partial charge in [0.25, 0.3) is 5.91 Å². The van der Waals surface area contributed by atoms with E-state index >= 15 is 0 Å². The van der Waals surface area contributed by atoms with Crippen molar-refractivity contribution in [1.82, 2.24) is 10.2 Å². The molecule has 1 aliphatic rings. The summed E-state index contributed by atoms with van der Waals surface area (Å²) in [6.07, 6.45) is 3.30. The van der Waals surface area contributed by atoms with Crippen LogP contribution < -0.4 is 11.1 Å². The maximum Gasteiger partial charge on any atom is 0.251 e. The van der Waals surface area contributed by atoms with Gasteiger partial charge in [-0.1, -0.05) is 19.1 Å². The highest BCUT2D eigenvalue weighted by Gasteiger charge is 2.20. The lowest BCUT2D eigenvalue weighted by atomic mass is 10.0. The fraction of sp³-hybridized carbons (Fsp3) is 0.562. The molecule has 0 aromatic heterocycles. The van der Waals surface area contributed by atoms with E-state index in [4.69, 9.17) is 5.73 Å². The van der Waals surface area contributed by atoms with Crippen LogP contribution in [0.1, 0.15) is 42.1 Å².